The van der Waals surface area contributed by atoms with E-state index in [1.165, 1.54) is 0 Å². The van der Waals surface area contributed by atoms with Crippen LogP contribution in [-0.2, 0) is 14.6 Å². The summed E-state index contributed by atoms with van der Waals surface area (Å²) in [6.45, 7) is 0.804. The van der Waals surface area contributed by atoms with Crippen molar-refractivity contribution >= 4 is 15.7 Å². The highest BCUT2D eigenvalue weighted by Crippen LogP contribution is 2.45. The first-order valence-corrected chi connectivity index (χ1v) is 10.3. The molecule has 1 aromatic rings. The van der Waals surface area contributed by atoms with Crippen molar-refractivity contribution in [1.29, 1.82) is 0 Å². The Labute approximate surface area is 147 Å². The maximum absolute atomic E-state index is 12.6. The topological polar surface area (TPSA) is 89.5 Å². The molecule has 0 unspecified atom stereocenters. The largest absolute Gasteiger partial charge is 0.463 e. The quantitative estimate of drug-likeness (QED) is 0.792. The molecule has 2 saturated heterocycles. The van der Waals surface area contributed by atoms with E-state index in [0.717, 1.165) is 24.8 Å². The van der Waals surface area contributed by atoms with Crippen LogP contribution in [-0.4, -0.2) is 59.4 Å². The molecule has 4 rings (SSSR count). The standard InChI is InChI=1S/C17H21N3O4S/c21-15(13-4-1-2-5-13)20-11-17(12-20)14(6-9-25(17,22)23)10-24-16-18-7-3-8-19-16/h3-4,7-8,14H,1-2,5-6,9-12H2/t14-/m1/s1. The molecule has 0 radical (unpaired) electrons. The number of rotatable bonds is 4. The number of nitrogens with zero attached hydrogens (tertiary/aromatic N) is 3. The predicted octanol–water partition coefficient (Wildman–Crippen LogP) is 0.981. The Kier molecular flexibility index (Phi) is 4.02. The molecule has 25 heavy (non-hydrogen) atoms. The number of carbonyl (C=O) groups excluding carboxylic acids is 1. The van der Waals surface area contributed by atoms with E-state index in [1.807, 2.05) is 6.08 Å². The summed E-state index contributed by atoms with van der Waals surface area (Å²) in [5.74, 6) is 0.0145. The minimum atomic E-state index is -3.23. The van der Waals surface area contributed by atoms with Crippen molar-refractivity contribution in [2.45, 2.75) is 30.4 Å². The van der Waals surface area contributed by atoms with Crippen LogP contribution in [0.5, 0.6) is 6.01 Å². The first-order valence-electron chi connectivity index (χ1n) is 8.62. The van der Waals surface area contributed by atoms with Crippen LogP contribution in [0.2, 0.25) is 0 Å². The van der Waals surface area contributed by atoms with E-state index in [-0.39, 0.29) is 43.3 Å². The summed E-state index contributed by atoms with van der Waals surface area (Å²) >= 11 is 0. The minimum absolute atomic E-state index is 0.00344. The van der Waals surface area contributed by atoms with Gasteiger partial charge in [0.05, 0.1) is 12.4 Å². The molecule has 3 heterocycles. The van der Waals surface area contributed by atoms with Gasteiger partial charge in [-0.15, -0.1) is 0 Å². The Morgan fingerprint density at radius 3 is 2.76 bits per heavy atom. The summed E-state index contributed by atoms with van der Waals surface area (Å²) in [6.07, 6.45) is 8.44. The van der Waals surface area contributed by atoms with Gasteiger partial charge < -0.3 is 9.64 Å². The van der Waals surface area contributed by atoms with Crippen molar-refractivity contribution in [3.63, 3.8) is 0 Å². The molecule has 7 nitrogen and oxygen atoms in total. The van der Waals surface area contributed by atoms with Crippen LogP contribution < -0.4 is 4.74 Å². The van der Waals surface area contributed by atoms with E-state index >= 15 is 0 Å². The van der Waals surface area contributed by atoms with Gasteiger partial charge >= 0.3 is 6.01 Å². The Morgan fingerprint density at radius 1 is 1.32 bits per heavy atom. The zero-order valence-corrected chi connectivity index (χ0v) is 14.7. The number of carbonyl (C=O) groups is 1. The van der Waals surface area contributed by atoms with Crippen LogP contribution in [0.25, 0.3) is 0 Å². The number of hydrogen-bond donors (Lipinski definition) is 0. The first-order chi connectivity index (χ1) is 12.0. The summed E-state index contributed by atoms with van der Waals surface area (Å²) in [6, 6.07) is 1.95. The molecule has 2 fully saturated rings. The van der Waals surface area contributed by atoms with Gasteiger partial charge in [0.2, 0.25) is 5.91 Å². The number of hydrogen-bond acceptors (Lipinski definition) is 6. The molecule has 3 aliphatic rings. The second-order valence-electron chi connectivity index (χ2n) is 6.99. The van der Waals surface area contributed by atoms with Gasteiger partial charge in [-0.2, -0.15) is 0 Å². The second-order valence-corrected chi connectivity index (χ2v) is 9.45. The zero-order valence-electron chi connectivity index (χ0n) is 13.9. The molecule has 1 spiro atoms. The molecular weight excluding hydrogens is 342 g/mol. The molecule has 8 heteroatoms. The number of likely N-dealkylation sites (tertiary alicyclic amines) is 1. The summed E-state index contributed by atoms with van der Waals surface area (Å²) in [4.78, 5) is 22.2. The highest BCUT2D eigenvalue weighted by Gasteiger charge is 2.62. The Balaban J connectivity index is 1.45. The van der Waals surface area contributed by atoms with Crippen LogP contribution in [0.15, 0.2) is 30.1 Å². The van der Waals surface area contributed by atoms with Crippen LogP contribution in [0.1, 0.15) is 25.7 Å². The van der Waals surface area contributed by atoms with Crippen molar-refractivity contribution in [2.24, 2.45) is 5.92 Å². The third-order valence-electron chi connectivity index (χ3n) is 5.57. The summed E-state index contributed by atoms with van der Waals surface area (Å²) in [5.41, 5.74) is 0.829. The summed E-state index contributed by atoms with van der Waals surface area (Å²) < 4.78 is 30.0. The van der Waals surface area contributed by atoms with Crippen LogP contribution >= 0.6 is 0 Å². The lowest BCUT2D eigenvalue weighted by molar-refractivity contribution is -0.133. The fourth-order valence-corrected chi connectivity index (χ4v) is 6.45. The fraction of sp³-hybridized carbons (Fsp3) is 0.588. The van der Waals surface area contributed by atoms with Crippen molar-refractivity contribution in [3.8, 4) is 6.01 Å². The number of ether oxygens (including phenoxy) is 1. The molecule has 0 N–H and O–H groups in total. The van der Waals surface area contributed by atoms with Gasteiger partial charge in [0.25, 0.3) is 0 Å². The van der Waals surface area contributed by atoms with Crippen LogP contribution in [0.3, 0.4) is 0 Å². The monoisotopic (exact) mass is 363 g/mol. The summed E-state index contributed by atoms with van der Waals surface area (Å²) in [7, 11) is -3.23. The minimum Gasteiger partial charge on any atom is -0.463 e. The molecule has 0 aromatic carbocycles. The molecule has 1 amide bonds. The van der Waals surface area contributed by atoms with Gasteiger partial charge in [-0.05, 0) is 31.7 Å². The van der Waals surface area contributed by atoms with E-state index in [4.69, 9.17) is 4.74 Å². The lowest BCUT2D eigenvalue weighted by atomic mass is 9.83. The van der Waals surface area contributed by atoms with Gasteiger partial charge in [0.15, 0.2) is 9.84 Å². The normalized spacial score (nSPS) is 26.3. The first kappa shape index (κ1) is 16.5. The number of aromatic nitrogens is 2. The predicted molar refractivity (Wildman–Crippen MR) is 90.7 cm³/mol. The van der Waals surface area contributed by atoms with Crippen molar-refractivity contribution < 1.29 is 17.9 Å². The molecular formula is C17H21N3O4S. The maximum atomic E-state index is 12.6. The smallest absolute Gasteiger partial charge is 0.316 e. The zero-order chi connectivity index (χ0) is 17.5. The Bertz CT molecular complexity index is 800. The highest BCUT2D eigenvalue weighted by atomic mass is 32.2. The van der Waals surface area contributed by atoms with E-state index < -0.39 is 14.6 Å². The maximum Gasteiger partial charge on any atom is 0.316 e. The molecule has 2 aliphatic heterocycles. The van der Waals surface area contributed by atoms with Gasteiger partial charge in [-0.25, -0.2) is 18.4 Å². The molecule has 1 aliphatic carbocycles. The van der Waals surface area contributed by atoms with Crippen molar-refractivity contribution in [1.82, 2.24) is 14.9 Å². The molecule has 1 atom stereocenters. The third-order valence-corrected chi connectivity index (χ3v) is 8.18. The Hall–Kier alpha value is -1.96. The fourth-order valence-electron chi connectivity index (χ4n) is 4.05. The molecule has 0 bridgehead atoms. The number of allylic oxidation sites excluding steroid dienone is 1. The molecule has 0 saturated carbocycles. The average Bonchev–Trinajstić information content (AvgIpc) is 3.18. The lowest BCUT2D eigenvalue weighted by Crippen LogP contribution is -2.69. The second kappa shape index (κ2) is 6.09. The van der Waals surface area contributed by atoms with E-state index in [1.54, 1.807) is 23.4 Å². The SMILES string of the molecule is O=C(C1=CCCC1)N1CC2(C1)[C@@H](COc1ncccn1)CCS2(=O)=O. The van der Waals surface area contributed by atoms with Crippen molar-refractivity contribution in [2.75, 3.05) is 25.4 Å². The van der Waals surface area contributed by atoms with Gasteiger partial charge in [0, 0.05) is 37.0 Å². The van der Waals surface area contributed by atoms with E-state index in [0.29, 0.717) is 6.42 Å². The van der Waals surface area contributed by atoms with Gasteiger partial charge in [-0.1, -0.05) is 6.08 Å². The number of amides is 1. The average molecular weight is 363 g/mol. The summed E-state index contributed by atoms with van der Waals surface area (Å²) in [5, 5.41) is 0. The van der Waals surface area contributed by atoms with Gasteiger partial charge in [0.1, 0.15) is 4.75 Å². The van der Waals surface area contributed by atoms with E-state index in [2.05, 4.69) is 9.97 Å². The van der Waals surface area contributed by atoms with Crippen LogP contribution in [0.4, 0.5) is 0 Å². The molecule has 134 valence electrons. The highest BCUT2D eigenvalue weighted by molar-refractivity contribution is 7.93. The number of sulfone groups is 1. The van der Waals surface area contributed by atoms with E-state index in [9.17, 15) is 13.2 Å². The van der Waals surface area contributed by atoms with Crippen LogP contribution in [0, 0.1) is 5.92 Å². The lowest BCUT2D eigenvalue weighted by Gasteiger charge is -2.49. The van der Waals surface area contributed by atoms with Gasteiger partial charge in [-0.3, -0.25) is 4.79 Å². The van der Waals surface area contributed by atoms with Crippen molar-refractivity contribution in [3.05, 3.63) is 30.1 Å². The molecule has 1 aromatic heterocycles. The third kappa shape index (κ3) is 2.72. The Morgan fingerprint density at radius 2 is 2.08 bits per heavy atom.